The van der Waals surface area contributed by atoms with Gasteiger partial charge >= 0.3 is 0 Å². The minimum atomic E-state index is -0.111. The van der Waals surface area contributed by atoms with Gasteiger partial charge in [0.1, 0.15) is 5.75 Å². The maximum absolute atomic E-state index is 5.94. The van der Waals surface area contributed by atoms with E-state index in [1.54, 1.807) is 7.11 Å². The molecule has 2 N–H and O–H groups in total. The lowest BCUT2D eigenvalue weighted by Crippen LogP contribution is -2.32. The van der Waals surface area contributed by atoms with E-state index in [1.165, 1.54) is 5.56 Å². The van der Waals surface area contributed by atoms with E-state index in [0.29, 0.717) is 0 Å². The Morgan fingerprint density at radius 3 is 2.60 bits per heavy atom. The van der Waals surface area contributed by atoms with E-state index in [0.717, 1.165) is 23.1 Å². The smallest absolute Gasteiger partial charge is 0.133 e. The molecule has 0 aliphatic rings. The number of ether oxygens (including phenoxy) is 1. The Bertz CT molecular complexity index is 331. The maximum atomic E-state index is 5.94. The third-order valence-electron chi connectivity index (χ3n) is 2.27. The minimum absolute atomic E-state index is 0.111. The van der Waals surface area contributed by atoms with Crippen molar-refractivity contribution in [2.75, 3.05) is 7.11 Å². The van der Waals surface area contributed by atoms with Crippen LogP contribution in [0.5, 0.6) is 5.75 Å². The number of rotatable bonds is 4. The zero-order chi connectivity index (χ0) is 11.5. The summed E-state index contributed by atoms with van der Waals surface area (Å²) >= 11 is 3.43. The van der Waals surface area contributed by atoms with Crippen LogP contribution < -0.4 is 10.5 Å². The van der Waals surface area contributed by atoms with Crippen molar-refractivity contribution in [3.63, 3.8) is 0 Å². The third kappa shape index (κ3) is 4.22. The second kappa shape index (κ2) is 4.99. The van der Waals surface area contributed by atoms with E-state index in [4.69, 9.17) is 10.5 Å². The number of halogens is 1. The zero-order valence-electron chi connectivity index (χ0n) is 9.51. The van der Waals surface area contributed by atoms with Gasteiger partial charge in [-0.15, -0.1) is 0 Å². The second-order valence-electron chi connectivity index (χ2n) is 4.46. The van der Waals surface area contributed by atoms with Crippen molar-refractivity contribution in [2.45, 2.75) is 32.2 Å². The van der Waals surface area contributed by atoms with E-state index >= 15 is 0 Å². The summed E-state index contributed by atoms with van der Waals surface area (Å²) in [4.78, 5) is 0. The lowest BCUT2D eigenvalue weighted by atomic mass is 9.96. The summed E-state index contributed by atoms with van der Waals surface area (Å²) in [6, 6.07) is 6.16. The first-order valence-corrected chi connectivity index (χ1v) is 5.83. The number of nitrogens with two attached hydrogens (primary N) is 1. The molecule has 0 amide bonds. The quantitative estimate of drug-likeness (QED) is 0.914. The highest BCUT2D eigenvalue weighted by Crippen LogP contribution is 2.26. The molecule has 0 aliphatic carbocycles. The van der Waals surface area contributed by atoms with Gasteiger partial charge < -0.3 is 10.5 Å². The molecule has 1 aromatic rings. The van der Waals surface area contributed by atoms with Crippen LogP contribution in [0.4, 0.5) is 0 Å². The summed E-state index contributed by atoms with van der Waals surface area (Å²) in [6.45, 7) is 4.09. The fourth-order valence-corrected chi connectivity index (χ4v) is 1.73. The Balaban J connectivity index is 2.70. The van der Waals surface area contributed by atoms with Gasteiger partial charge in [0.05, 0.1) is 11.6 Å². The summed E-state index contributed by atoms with van der Waals surface area (Å²) in [7, 11) is 1.68. The Hall–Kier alpha value is -0.540. The fourth-order valence-electron chi connectivity index (χ4n) is 1.33. The van der Waals surface area contributed by atoms with Crippen LogP contribution in [0.15, 0.2) is 22.7 Å². The number of methoxy groups -OCH3 is 1. The van der Waals surface area contributed by atoms with Crippen molar-refractivity contribution in [1.82, 2.24) is 0 Å². The first kappa shape index (κ1) is 12.5. The lowest BCUT2D eigenvalue weighted by Gasteiger charge is -2.18. The van der Waals surface area contributed by atoms with Crippen LogP contribution in [0.3, 0.4) is 0 Å². The summed E-state index contributed by atoms with van der Waals surface area (Å²) < 4.78 is 6.23. The largest absolute Gasteiger partial charge is 0.496 e. The highest BCUT2D eigenvalue weighted by Gasteiger charge is 2.11. The third-order valence-corrected chi connectivity index (χ3v) is 2.93. The SMILES string of the molecule is COc1cc(CCC(C)(C)N)ccc1Br. The van der Waals surface area contributed by atoms with Gasteiger partial charge in [0.15, 0.2) is 0 Å². The molecule has 0 bridgehead atoms. The molecule has 3 heteroatoms. The van der Waals surface area contributed by atoms with Crippen molar-refractivity contribution in [3.05, 3.63) is 28.2 Å². The monoisotopic (exact) mass is 271 g/mol. The Labute approximate surface area is 99.9 Å². The Morgan fingerprint density at radius 2 is 2.07 bits per heavy atom. The number of benzene rings is 1. The van der Waals surface area contributed by atoms with Crippen molar-refractivity contribution in [1.29, 1.82) is 0 Å². The van der Waals surface area contributed by atoms with Gasteiger partial charge in [0, 0.05) is 5.54 Å². The van der Waals surface area contributed by atoms with Crippen LogP contribution in [-0.2, 0) is 6.42 Å². The average molecular weight is 272 g/mol. The van der Waals surface area contributed by atoms with Crippen molar-refractivity contribution < 1.29 is 4.74 Å². The van der Waals surface area contributed by atoms with Crippen LogP contribution in [0, 0.1) is 0 Å². The molecule has 0 aliphatic heterocycles. The predicted octanol–water partition coefficient (Wildman–Crippen LogP) is 3.13. The Kier molecular flexibility index (Phi) is 4.17. The second-order valence-corrected chi connectivity index (χ2v) is 5.31. The van der Waals surface area contributed by atoms with Crippen molar-refractivity contribution in [3.8, 4) is 5.75 Å². The van der Waals surface area contributed by atoms with E-state index in [1.807, 2.05) is 19.9 Å². The maximum Gasteiger partial charge on any atom is 0.133 e. The summed E-state index contributed by atoms with van der Waals surface area (Å²) in [5.41, 5.74) is 7.09. The van der Waals surface area contributed by atoms with Gasteiger partial charge in [-0.25, -0.2) is 0 Å². The minimum Gasteiger partial charge on any atom is -0.496 e. The zero-order valence-corrected chi connectivity index (χ0v) is 11.1. The lowest BCUT2D eigenvalue weighted by molar-refractivity contribution is 0.411. The van der Waals surface area contributed by atoms with Crippen LogP contribution >= 0.6 is 15.9 Å². The number of hydrogen-bond acceptors (Lipinski definition) is 2. The van der Waals surface area contributed by atoms with E-state index < -0.39 is 0 Å². The van der Waals surface area contributed by atoms with Gasteiger partial charge in [0.2, 0.25) is 0 Å². The predicted molar refractivity (Wildman–Crippen MR) is 67.3 cm³/mol. The first-order valence-electron chi connectivity index (χ1n) is 5.04. The Morgan fingerprint density at radius 1 is 1.40 bits per heavy atom. The first-order chi connectivity index (χ1) is 6.92. The molecule has 2 nitrogen and oxygen atoms in total. The van der Waals surface area contributed by atoms with E-state index in [2.05, 4.69) is 28.1 Å². The average Bonchev–Trinajstić information content (AvgIpc) is 2.15. The van der Waals surface area contributed by atoms with Crippen LogP contribution in [0.25, 0.3) is 0 Å². The fraction of sp³-hybridized carbons (Fsp3) is 0.500. The molecule has 0 aromatic heterocycles. The van der Waals surface area contributed by atoms with Gasteiger partial charge in [-0.3, -0.25) is 0 Å². The van der Waals surface area contributed by atoms with Crippen LogP contribution in [-0.4, -0.2) is 12.6 Å². The molecule has 84 valence electrons. The molecule has 0 unspecified atom stereocenters. The molecule has 0 atom stereocenters. The highest BCUT2D eigenvalue weighted by atomic mass is 79.9. The molecule has 0 radical (unpaired) electrons. The molecule has 1 aromatic carbocycles. The standard InChI is InChI=1S/C12H18BrNO/c1-12(2,14)7-6-9-4-5-10(13)11(8-9)15-3/h4-5,8H,6-7,14H2,1-3H3. The number of aryl methyl sites for hydroxylation is 1. The van der Waals surface area contributed by atoms with E-state index in [-0.39, 0.29) is 5.54 Å². The van der Waals surface area contributed by atoms with Gasteiger partial charge in [-0.2, -0.15) is 0 Å². The molecule has 15 heavy (non-hydrogen) atoms. The summed E-state index contributed by atoms with van der Waals surface area (Å²) in [5.74, 6) is 0.877. The van der Waals surface area contributed by atoms with Crippen molar-refractivity contribution in [2.24, 2.45) is 5.73 Å². The topological polar surface area (TPSA) is 35.2 Å². The molecule has 1 rings (SSSR count). The molecule has 0 spiro atoms. The van der Waals surface area contributed by atoms with E-state index in [9.17, 15) is 0 Å². The normalized spacial score (nSPS) is 11.5. The molecule has 0 fully saturated rings. The van der Waals surface area contributed by atoms with Gasteiger partial charge in [-0.1, -0.05) is 6.07 Å². The van der Waals surface area contributed by atoms with Gasteiger partial charge in [-0.05, 0) is 60.3 Å². The number of hydrogen-bond donors (Lipinski definition) is 1. The molecular weight excluding hydrogens is 254 g/mol. The molecule has 0 heterocycles. The molecule has 0 saturated carbocycles. The van der Waals surface area contributed by atoms with Crippen LogP contribution in [0.2, 0.25) is 0 Å². The van der Waals surface area contributed by atoms with Gasteiger partial charge in [0.25, 0.3) is 0 Å². The highest BCUT2D eigenvalue weighted by molar-refractivity contribution is 9.10. The molecule has 0 saturated heterocycles. The summed E-state index contributed by atoms with van der Waals surface area (Å²) in [5, 5.41) is 0. The molecular formula is C12H18BrNO. The van der Waals surface area contributed by atoms with Crippen molar-refractivity contribution >= 4 is 15.9 Å². The van der Waals surface area contributed by atoms with Crippen LogP contribution in [0.1, 0.15) is 25.8 Å². The summed E-state index contributed by atoms with van der Waals surface area (Å²) in [6.07, 6.45) is 1.95.